The average molecular weight is 385 g/mol. The van der Waals surface area contributed by atoms with Crippen molar-refractivity contribution < 1.29 is 13.9 Å². The van der Waals surface area contributed by atoms with Gasteiger partial charge in [0.2, 0.25) is 0 Å². The lowest BCUT2D eigenvalue weighted by molar-refractivity contribution is -0.122. The average Bonchev–Trinajstić information content (AvgIpc) is 3.23. The molecular weight excluding hydrogens is 360 g/mol. The Morgan fingerprint density at radius 2 is 1.96 bits per heavy atom. The number of ether oxygens (including phenoxy) is 1. The van der Waals surface area contributed by atoms with Crippen molar-refractivity contribution in [3.05, 3.63) is 59.2 Å². The highest BCUT2D eigenvalue weighted by molar-refractivity contribution is 7.80. The SMILES string of the molecule is CCCCN1C(=O)/C(=C\c2ccc(COc3ccc(CC)cc3)o2)NC1=S. The number of carbonyl (C=O) groups excluding carboxylic acids is 1. The number of unbranched alkanes of at least 4 members (excludes halogenated alkanes) is 1. The lowest BCUT2D eigenvalue weighted by atomic mass is 10.2. The molecule has 0 radical (unpaired) electrons. The van der Waals surface area contributed by atoms with Gasteiger partial charge in [-0.2, -0.15) is 0 Å². The predicted octanol–water partition coefficient (Wildman–Crippen LogP) is 4.28. The summed E-state index contributed by atoms with van der Waals surface area (Å²) in [5.41, 5.74) is 1.71. The smallest absolute Gasteiger partial charge is 0.276 e. The van der Waals surface area contributed by atoms with Gasteiger partial charge in [-0.25, -0.2) is 0 Å². The Balaban J connectivity index is 1.61. The molecule has 1 N–H and O–H groups in total. The number of hydrogen-bond donors (Lipinski definition) is 1. The quantitative estimate of drug-likeness (QED) is 0.544. The maximum Gasteiger partial charge on any atom is 0.276 e. The van der Waals surface area contributed by atoms with Gasteiger partial charge in [0.05, 0.1) is 0 Å². The molecule has 1 aliphatic rings. The molecule has 3 rings (SSSR count). The van der Waals surface area contributed by atoms with E-state index in [4.69, 9.17) is 21.4 Å². The lowest BCUT2D eigenvalue weighted by Gasteiger charge is -2.12. The van der Waals surface area contributed by atoms with Crippen molar-refractivity contribution in [3.8, 4) is 5.75 Å². The van der Waals surface area contributed by atoms with Gasteiger partial charge in [-0.15, -0.1) is 0 Å². The number of nitrogens with one attached hydrogen (secondary N) is 1. The molecule has 1 amide bonds. The van der Waals surface area contributed by atoms with Gasteiger partial charge in [0.25, 0.3) is 5.91 Å². The summed E-state index contributed by atoms with van der Waals surface area (Å²) in [4.78, 5) is 14.0. The van der Waals surface area contributed by atoms with Gasteiger partial charge in [-0.05, 0) is 54.9 Å². The number of furan rings is 1. The summed E-state index contributed by atoms with van der Waals surface area (Å²) in [6, 6.07) is 11.7. The fourth-order valence-corrected chi connectivity index (χ4v) is 3.04. The number of aryl methyl sites for hydroxylation is 1. The molecule has 27 heavy (non-hydrogen) atoms. The molecule has 5 nitrogen and oxygen atoms in total. The molecule has 0 atom stereocenters. The van der Waals surface area contributed by atoms with Crippen LogP contribution in [-0.4, -0.2) is 22.5 Å². The summed E-state index contributed by atoms with van der Waals surface area (Å²) in [5, 5.41) is 3.42. The third-order valence-corrected chi connectivity index (χ3v) is 4.70. The zero-order chi connectivity index (χ0) is 19.2. The molecule has 0 saturated carbocycles. The van der Waals surface area contributed by atoms with E-state index in [9.17, 15) is 4.79 Å². The first kappa shape index (κ1) is 19.2. The largest absolute Gasteiger partial charge is 0.486 e. The highest BCUT2D eigenvalue weighted by Crippen LogP contribution is 2.19. The van der Waals surface area contributed by atoms with E-state index < -0.39 is 0 Å². The number of rotatable bonds is 8. The first-order valence-electron chi connectivity index (χ1n) is 9.25. The summed E-state index contributed by atoms with van der Waals surface area (Å²) in [5.74, 6) is 1.97. The maximum absolute atomic E-state index is 12.4. The molecule has 0 unspecified atom stereocenters. The molecule has 1 saturated heterocycles. The van der Waals surface area contributed by atoms with Gasteiger partial charge < -0.3 is 14.5 Å². The number of nitrogens with zero attached hydrogens (tertiary/aromatic N) is 1. The van der Waals surface area contributed by atoms with E-state index >= 15 is 0 Å². The van der Waals surface area contributed by atoms with Gasteiger partial charge in [-0.3, -0.25) is 9.69 Å². The van der Waals surface area contributed by atoms with Crippen LogP contribution in [-0.2, 0) is 17.8 Å². The number of benzene rings is 1. The Morgan fingerprint density at radius 3 is 2.67 bits per heavy atom. The van der Waals surface area contributed by atoms with Crippen LogP contribution in [0.1, 0.15) is 43.8 Å². The van der Waals surface area contributed by atoms with Crippen molar-refractivity contribution in [2.24, 2.45) is 0 Å². The minimum absolute atomic E-state index is 0.112. The zero-order valence-electron chi connectivity index (χ0n) is 15.7. The van der Waals surface area contributed by atoms with E-state index in [2.05, 4.69) is 31.3 Å². The maximum atomic E-state index is 12.4. The minimum Gasteiger partial charge on any atom is -0.486 e. The van der Waals surface area contributed by atoms with E-state index in [-0.39, 0.29) is 5.91 Å². The number of thiocarbonyl (C=S) groups is 1. The molecular formula is C21H24N2O3S. The molecule has 2 aromatic rings. The van der Waals surface area contributed by atoms with Crippen LogP contribution in [0.2, 0.25) is 0 Å². The van der Waals surface area contributed by atoms with Gasteiger partial charge in [-0.1, -0.05) is 32.4 Å². The van der Waals surface area contributed by atoms with Crippen LogP contribution in [0.3, 0.4) is 0 Å². The Bertz CT molecular complexity index is 839. The topological polar surface area (TPSA) is 54.7 Å². The van der Waals surface area contributed by atoms with Crippen LogP contribution in [0.5, 0.6) is 5.75 Å². The van der Waals surface area contributed by atoms with Crippen molar-refractivity contribution in [1.82, 2.24) is 10.2 Å². The fourth-order valence-electron chi connectivity index (χ4n) is 2.76. The van der Waals surface area contributed by atoms with Crippen LogP contribution < -0.4 is 10.1 Å². The number of amides is 1. The first-order chi connectivity index (χ1) is 13.1. The standard InChI is InChI=1S/C21H24N2O3S/c1-3-5-12-23-20(24)19(22-21(23)27)13-17-10-11-18(26-17)14-25-16-8-6-15(4-2)7-9-16/h6-11,13H,3-5,12,14H2,1-2H3,(H,22,27)/b19-13+. The van der Waals surface area contributed by atoms with Crippen LogP contribution in [0.25, 0.3) is 6.08 Å². The summed E-state index contributed by atoms with van der Waals surface area (Å²) >= 11 is 5.25. The molecule has 142 valence electrons. The van der Waals surface area contributed by atoms with Gasteiger partial charge in [0.15, 0.2) is 5.11 Å². The lowest BCUT2D eigenvalue weighted by Crippen LogP contribution is -2.31. The van der Waals surface area contributed by atoms with Crippen molar-refractivity contribution in [3.63, 3.8) is 0 Å². The molecule has 6 heteroatoms. The van der Waals surface area contributed by atoms with E-state index in [1.165, 1.54) is 5.56 Å². The molecule has 0 aliphatic carbocycles. The minimum atomic E-state index is -0.112. The van der Waals surface area contributed by atoms with Crippen molar-refractivity contribution >= 4 is 29.3 Å². The van der Waals surface area contributed by atoms with E-state index in [1.807, 2.05) is 24.3 Å². The second-order valence-electron chi connectivity index (χ2n) is 6.39. The monoisotopic (exact) mass is 384 g/mol. The Kier molecular flexibility index (Phi) is 6.29. The zero-order valence-corrected chi connectivity index (χ0v) is 16.5. The van der Waals surface area contributed by atoms with E-state index in [0.29, 0.717) is 35.5 Å². The highest BCUT2D eigenvalue weighted by atomic mass is 32.1. The Morgan fingerprint density at radius 1 is 1.19 bits per heavy atom. The fraction of sp³-hybridized carbons (Fsp3) is 0.333. The summed E-state index contributed by atoms with van der Waals surface area (Å²) in [6.07, 6.45) is 4.61. The summed E-state index contributed by atoms with van der Waals surface area (Å²) < 4.78 is 11.5. The van der Waals surface area contributed by atoms with E-state index in [1.54, 1.807) is 11.0 Å². The molecule has 1 aromatic carbocycles. The molecule has 1 fully saturated rings. The predicted molar refractivity (Wildman–Crippen MR) is 109 cm³/mol. The van der Waals surface area contributed by atoms with Crippen molar-refractivity contribution in [2.75, 3.05) is 6.54 Å². The van der Waals surface area contributed by atoms with Gasteiger partial charge >= 0.3 is 0 Å². The van der Waals surface area contributed by atoms with Gasteiger partial charge in [0.1, 0.15) is 29.6 Å². The van der Waals surface area contributed by atoms with Crippen LogP contribution in [0, 0.1) is 0 Å². The Labute approximate surface area is 165 Å². The highest BCUT2D eigenvalue weighted by Gasteiger charge is 2.30. The second-order valence-corrected chi connectivity index (χ2v) is 6.78. The van der Waals surface area contributed by atoms with Gasteiger partial charge in [0, 0.05) is 12.6 Å². The first-order valence-corrected chi connectivity index (χ1v) is 9.66. The van der Waals surface area contributed by atoms with Crippen molar-refractivity contribution in [2.45, 2.75) is 39.7 Å². The molecule has 1 aliphatic heterocycles. The van der Waals surface area contributed by atoms with E-state index in [0.717, 1.165) is 25.0 Å². The molecule has 1 aromatic heterocycles. The Hall–Kier alpha value is -2.60. The van der Waals surface area contributed by atoms with Crippen molar-refractivity contribution in [1.29, 1.82) is 0 Å². The normalized spacial score (nSPS) is 15.5. The second kappa shape index (κ2) is 8.86. The van der Waals surface area contributed by atoms with Crippen LogP contribution >= 0.6 is 12.2 Å². The molecule has 0 spiro atoms. The van der Waals surface area contributed by atoms with Crippen LogP contribution in [0.15, 0.2) is 46.5 Å². The van der Waals surface area contributed by atoms with Crippen LogP contribution in [0.4, 0.5) is 0 Å². The third-order valence-electron chi connectivity index (χ3n) is 4.38. The molecule has 0 bridgehead atoms. The third kappa shape index (κ3) is 4.77. The summed E-state index contributed by atoms with van der Waals surface area (Å²) in [7, 11) is 0. The molecule has 2 heterocycles. The number of hydrogen-bond acceptors (Lipinski definition) is 4. The number of carbonyl (C=O) groups is 1. The summed E-state index contributed by atoms with van der Waals surface area (Å²) in [6.45, 7) is 5.16.